The molecule has 1 aliphatic heterocycles. The second kappa shape index (κ2) is 7.24. The largest absolute Gasteiger partial charge is 0.508 e. The van der Waals surface area contributed by atoms with Gasteiger partial charge in [0.05, 0.1) is 19.6 Å². The first kappa shape index (κ1) is 16.3. The maximum atomic E-state index is 11.0. The number of aromatic hydroxyl groups is 1. The standard InChI is InChI=1S/C15H20BrNO4/c1-2-13(12-7-10(16)3-4-14(12)18)17-5-6-21-9-11(17)8-15(19)20/h3-4,7,11,13,18H,2,5-6,8-9H2,1H3,(H,19,20). The zero-order valence-electron chi connectivity index (χ0n) is 12.0. The van der Waals surface area contributed by atoms with Gasteiger partial charge in [-0.3, -0.25) is 9.69 Å². The van der Waals surface area contributed by atoms with Crippen molar-refractivity contribution in [3.63, 3.8) is 0 Å². The van der Waals surface area contributed by atoms with E-state index in [1.807, 2.05) is 13.0 Å². The highest BCUT2D eigenvalue weighted by Crippen LogP contribution is 2.35. The fourth-order valence-corrected chi connectivity index (χ4v) is 3.26. The minimum atomic E-state index is -0.830. The first-order chi connectivity index (χ1) is 10.0. The number of aliphatic carboxylic acids is 1. The topological polar surface area (TPSA) is 70.0 Å². The number of carboxylic acid groups (broad SMARTS) is 1. The predicted molar refractivity (Wildman–Crippen MR) is 82.4 cm³/mol. The third-order valence-electron chi connectivity index (χ3n) is 3.82. The van der Waals surface area contributed by atoms with Crippen molar-refractivity contribution >= 4 is 21.9 Å². The van der Waals surface area contributed by atoms with Crippen molar-refractivity contribution in [2.45, 2.75) is 31.8 Å². The number of carbonyl (C=O) groups is 1. The predicted octanol–water partition coefficient (Wildman–Crippen LogP) is 2.78. The van der Waals surface area contributed by atoms with Gasteiger partial charge in [0.2, 0.25) is 0 Å². The molecule has 0 saturated carbocycles. The van der Waals surface area contributed by atoms with Crippen molar-refractivity contribution in [1.82, 2.24) is 4.90 Å². The second-order valence-electron chi connectivity index (χ2n) is 5.19. The Balaban J connectivity index is 2.29. The Morgan fingerprint density at radius 1 is 1.57 bits per heavy atom. The molecule has 1 aromatic rings. The van der Waals surface area contributed by atoms with Gasteiger partial charge in [0.25, 0.3) is 0 Å². The van der Waals surface area contributed by atoms with Crippen LogP contribution in [0.15, 0.2) is 22.7 Å². The van der Waals surface area contributed by atoms with E-state index in [-0.39, 0.29) is 24.3 Å². The first-order valence-corrected chi connectivity index (χ1v) is 7.86. The molecule has 0 aliphatic carbocycles. The van der Waals surface area contributed by atoms with Crippen LogP contribution in [0.1, 0.15) is 31.4 Å². The summed E-state index contributed by atoms with van der Waals surface area (Å²) < 4.78 is 6.32. The number of benzene rings is 1. The number of hydrogen-bond acceptors (Lipinski definition) is 4. The summed E-state index contributed by atoms with van der Waals surface area (Å²) >= 11 is 3.42. The molecule has 0 spiro atoms. The molecule has 0 aromatic heterocycles. The number of carboxylic acids is 1. The molecule has 1 saturated heterocycles. The van der Waals surface area contributed by atoms with Gasteiger partial charge in [0.15, 0.2) is 0 Å². The molecule has 1 fully saturated rings. The number of morpholine rings is 1. The Morgan fingerprint density at radius 2 is 2.33 bits per heavy atom. The van der Waals surface area contributed by atoms with Crippen molar-refractivity contribution in [3.05, 3.63) is 28.2 Å². The van der Waals surface area contributed by atoms with Crippen LogP contribution in [0.4, 0.5) is 0 Å². The summed E-state index contributed by atoms with van der Waals surface area (Å²) in [5.41, 5.74) is 0.823. The van der Waals surface area contributed by atoms with E-state index >= 15 is 0 Å². The van der Waals surface area contributed by atoms with Crippen LogP contribution in [0.2, 0.25) is 0 Å². The zero-order chi connectivity index (χ0) is 15.4. The SMILES string of the molecule is CCC(c1cc(Br)ccc1O)N1CCOCC1CC(=O)O. The number of ether oxygens (including phenoxy) is 1. The molecule has 0 radical (unpaired) electrons. The molecular weight excluding hydrogens is 338 g/mol. The molecule has 2 atom stereocenters. The minimum Gasteiger partial charge on any atom is -0.508 e. The lowest BCUT2D eigenvalue weighted by molar-refractivity contribution is -0.141. The molecule has 1 aromatic carbocycles. The van der Waals surface area contributed by atoms with Gasteiger partial charge in [-0.05, 0) is 24.6 Å². The van der Waals surface area contributed by atoms with E-state index in [2.05, 4.69) is 20.8 Å². The van der Waals surface area contributed by atoms with Gasteiger partial charge in [-0.25, -0.2) is 0 Å². The average Bonchev–Trinajstić information content (AvgIpc) is 2.44. The van der Waals surface area contributed by atoms with Gasteiger partial charge in [0.1, 0.15) is 5.75 Å². The summed E-state index contributed by atoms with van der Waals surface area (Å²) in [7, 11) is 0. The smallest absolute Gasteiger partial charge is 0.305 e. The van der Waals surface area contributed by atoms with Gasteiger partial charge >= 0.3 is 5.97 Å². The van der Waals surface area contributed by atoms with E-state index < -0.39 is 5.97 Å². The lowest BCUT2D eigenvalue weighted by Crippen LogP contribution is -2.48. The van der Waals surface area contributed by atoms with Crippen LogP contribution in [0.25, 0.3) is 0 Å². The highest BCUT2D eigenvalue weighted by molar-refractivity contribution is 9.10. The first-order valence-electron chi connectivity index (χ1n) is 7.06. The summed E-state index contributed by atoms with van der Waals surface area (Å²) in [4.78, 5) is 13.2. The molecule has 1 aliphatic rings. The lowest BCUT2D eigenvalue weighted by Gasteiger charge is -2.40. The monoisotopic (exact) mass is 357 g/mol. The van der Waals surface area contributed by atoms with E-state index in [0.29, 0.717) is 19.8 Å². The van der Waals surface area contributed by atoms with Gasteiger partial charge in [-0.15, -0.1) is 0 Å². The molecule has 5 nitrogen and oxygen atoms in total. The van der Waals surface area contributed by atoms with Crippen molar-refractivity contribution in [3.8, 4) is 5.75 Å². The number of phenols is 1. The zero-order valence-corrected chi connectivity index (χ0v) is 13.5. The Bertz CT molecular complexity index is 508. The lowest BCUT2D eigenvalue weighted by atomic mass is 9.98. The molecule has 0 amide bonds. The third kappa shape index (κ3) is 3.96. The van der Waals surface area contributed by atoms with Gasteiger partial charge in [0, 0.05) is 28.7 Å². The summed E-state index contributed by atoms with van der Waals surface area (Å²) in [5, 5.41) is 19.2. The average molecular weight is 358 g/mol. The van der Waals surface area contributed by atoms with Crippen molar-refractivity contribution in [1.29, 1.82) is 0 Å². The van der Waals surface area contributed by atoms with Crippen LogP contribution < -0.4 is 0 Å². The van der Waals surface area contributed by atoms with E-state index in [4.69, 9.17) is 9.84 Å². The summed E-state index contributed by atoms with van der Waals surface area (Å²) in [6.07, 6.45) is 0.839. The van der Waals surface area contributed by atoms with Crippen LogP contribution in [0, 0.1) is 0 Å². The molecular formula is C15H20BrNO4. The highest BCUT2D eigenvalue weighted by Gasteiger charge is 2.32. The fourth-order valence-electron chi connectivity index (χ4n) is 2.88. The molecule has 21 heavy (non-hydrogen) atoms. The maximum absolute atomic E-state index is 11.0. The van der Waals surface area contributed by atoms with E-state index in [1.54, 1.807) is 12.1 Å². The van der Waals surface area contributed by atoms with Crippen LogP contribution in [-0.2, 0) is 9.53 Å². The van der Waals surface area contributed by atoms with Crippen LogP contribution in [0.3, 0.4) is 0 Å². The highest BCUT2D eigenvalue weighted by atomic mass is 79.9. The molecule has 1 heterocycles. The molecule has 116 valence electrons. The Labute approximate surface area is 132 Å². The maximum Gasteiger partial charge on any atom is 0.305 e. The number of nitrogens with zero attached hydrogens (tertiary/aromatic N) is 1. The quantitative estimate of drug-likeness (QED) is 0.847. The van der Waals surface area contributed by atoms with Gasteiger partial charge in [-0.1, -0.05) is 22.9 Å². The number of hydrogen-bond donors (Lipinski definition) is 2. The molecule has 6 heteroatoms. The molecule has 2 unspecified atom stereocenters. The van der Waals surface area contributed by atoms with Crippen LogP contribution >= 0.6 is 15.9 Å². The van der Waals surface area contributed by atoms with Crippen LogP contribution in [0.5, 0.6) is 5.75 Å². The molecule has 2 N–H and O–H groups in total. The molecule has 0 bridgehead atoms. The Morgan fingerprint density at radius 3 is 3.00 bits per heavy atom. The van der Waals surface area contributed by atoms with Gasteiger partial charge < -0.3 is 14.9 Å². The van der Waals surface area contributed by atoms with E-state index in [9.17, 15) is 9.90 Å². The summed E-state index contributed by atoms with van der Waals surface area (Å²) in [6.45, 7) is 3.71. The normalized spacial score (nSPS) is 21.1. The van der Waals surface area contributed by atoms with Crippen molar-refractivity contribution in [2.24, 2.45) is 0 Å². The Hall–Kier alpha value is -1.11. The fraction of sp³-hybridized carbons (Fsp3) is 0.533. The van der Waals surface area contributed by atoms with E-state index in [0.717, 1.165) is 16.5 Å². The number of halogens is 1. The van der Waals surface area contributed by atoms with Crippen molar-refractivity contribution in [2.75, 3.05) is 19.8 Å². The molecule has 2 rings (SSSR count). The summed E-state index contributed by atoms with van der Waals surface area (Å²) in [5.74, 6) is -0.588. The summed E-state index contributed by atoms with van der Waals surface area (Å²) in [6, 6.07) is 5.17. The van der Waals surface area contributed by atoms with Crippen molar-refractivity contribution < 1.29 is 19.7 Å². The number of rotatable bonds is 5. The Kier molecular flexibility index (Phi) is 5.61. The third-order valence-corrected chi connectivity index (χ3v) is 4.31. The van der Waals surface area contributed by atoms with Gasteiger partial charge in [-0.2, -0.15) is 0 Å². The second-order valence-corrected chi connectivity index (χ2v) is 6.11. The van der Waals surface area contributed by atoms with Crippen LogP contribution in [-0.4, -0.2) is 46.9 Å². The number of phenolic OH excluding ortho intramolecular Hbond substituents is 1. The minimum absolute atomic E-state index is 0.0178. The van der Waals surface area contributed by atoms with E-state index in [1.165, 1.54) is 0 Å².